The van der Waals surface area contributed by atoms with Crippen LogP contribution in [0.25, 0.3) is 0 Å². The summed E-state index contributed by atoms with van der Waals surface area (Å²) in [4.78, 5) is 42.9. The van der Waals surface area contributed by atoms with Crippen LogP contribution in [-0.4, -0.2) is 40.0 Å². The SMILES string of the molecule is CC(=O)c1ccc2c(c1)C(NC(=O)c1cccc(Cl)c1)C(OCOP(=O)(O)O)C(C)(C)O2. The maximum absolute atomic E-state index is 13.0. The van der Waals surface area contributed by atoms with E-state index in [1.165, 1.54) is 13.0 Å². The molecule has 0 aliphatic carbocycles. The average molecular weight is 484 g/mol. The van der Waals surface area contributed by atoms with Gasteiger partial charge in [-0.05, 0) is 57.2 Å². The number of phosphoric ester groups is 1. The minimum Gasteiger partial charge on any atom is -0.485 e. The van der Waals surface area contributed by atoms with E-state index in [4.69, 9.17) is 30.9 Å². The fourth-order valence-corrected chi connectivity index (χ4v) is 3.87. The third-order valence-electron chi connectivity index (χ3n) is 4.95. The lowest BCUT2D eigenvalue weighted by Crippen LogP contribution is -2.55. The summed E-state index contributed by atoms with van der Waals surface area (Å²) in [5.41, 5.74) is 0.152. The van der Waals surface area contributed by atoms with E-state index in [1.54, 1.807) is 50.2 Å². The van der Waals surface area contributed by atoms with Gasteiger partial charge in [0.1, 0.15) is 17.5 Å². The Bertz CT molecular complexity index is 1080. The van der Waals surface area contributed by atoms with Crippen LogP contribution in [0.3, 0.4) is 0 Å². The molecule has 0 saturated heterocycles. The van der Waals surface area contributed by atoms with Crippen molar-refractivity contribution in [2.45, 2.75) is 38.5 Å². The van der Waals surface area contributed by atoms with Crippen molar-refractivity contribution < 1.29 is 37.9 Å². The van der Waals surface area contributed by atoms with Crippen LogP contribution in [0.4, 0.5) is 0 Å². The molecule has 0 saturated carbocycles. The fraction of sp³-hybridized carbons (Fsp3) is 0.333. The molecule has 1 aliphatic rings. The number of fused-ring (bicyclic) bond motifs is 1. The van der Waals surface area contributed by atoms with Crippen LogP contribution >= 0.6 is 19.4 Å². The number of amides is 1. The van der Waals surface area contributed by atoms with Crippen molar-refractivity contribution in [2.24, 2.45) is 0 Å². The largest absolute Gasteiger partial charge is 0.485 e. The number of ether oxygens (including phenoxy) is 2. The highest BCUT2D eigenvalue weighted by molar-refractivity contribution is 7.46. The van der Waals surface area contributed by atoms with Crippen LogP contribution < -0.4 is 10.1 Å². The Kier molecular flexibility index (Phi) is 7.09. The highest BCUT2D eigenvalue weighted by atomic mass is 35.5. The van der Waals surface area contributed by atoms with Crippen LogP contribution in [0.1, 0.15) is 53.1 Å². The number of rotatable bonds is 7. The van der Waals surface area contributed by atoms with E-state index < -0.39 is 38.3 Å². The number of hydrogen-bond acceptors (Lipinski definition) is 6. The molecule has 1 heterocycles. The van der Waals surface area contributed by atoms with Crippen LogP contribution in [0, 0.1) is 0 Å². The van der Waals surface area contributed by atoms with Gasteiger partial charge in [0.2, 0.25) is 0 Å². The van der Waals surface area contributed by atoms with Crippen molar-refractivity contribution in [2.75, 3.05) is 6.79 Å². The predicted molar refractivity (Wildman–Crippen MR) is 116 cm³/mol. The molecule has 9 nitrogen and oxygen atoms in total. The maximum atomic E-state index is 13.0. The van der Waals surface area contributed by atoms with Gasteiger partial charge in [-0.15, -0.1) is 0 Å². The van der Waals surface area contributed by atoms with E-state index in [-0.39, 0.29) is 5.78 Å². The van der Waals surface area contributed by atoms with Gasteiger partial charge >= 0.3 is 7.82 Å². The molecule has 0 spiro atoms. The smallest absolute Gasteiger partial charge is 0.471 e. The monoisotopic (exact) mass is 483 g/mol. The zero-order valence-electron chi connectivity index (χ0n) is 17.6. The first-order valence-electron chi connectivity index (χ1n) is 9.59. The lowest BCUT2D eigenvalue weighted by atomic mass is 9.85. The van der Waals surface area contributed by atoms with Crippen molar-refractivity contribution >= 4 is 31.1 Å². The minimum atomic E-state index is -4.78. The summed E-state index contributed by atoms with van der Waals surface area (Å²) in [6.07, 6.45) is -0.924. The maximum Gasteiger partial charge on any atom is 0.471 e. The van der Waals surface area contributed by atoms with E-state index in [2.05, 4.69) is 9.84 Å². The standard InChI is InChI=1S/C21H23ClNO8P/c1-12(24)13-7-8-17-16(10-13)18(23-20(25)14-5-4-6-15(22)9-14)19(21(2,3)31-17)29-11-30-32(26,27)28/h4-10,18-19H,11H2,1-3H3,(H,23,25)(H2,26,27,28). The normalized spacial score (nSPS) is 19.6. The van der Waals surface area contributed by atoms with Gasteiger partial charge in [-0.2, -0.15) is 0 Å². The fourth-order valence-electron chi connectivity index (χ4n) is 3.49. The Morgan fingerprint density at radius 2 is 1.91 bits per heavy atom. The van der Waals surface area contributed by atoms with Gasteiger partial charge in [0.15, 0.2) is 12.6 Å². The van der Waals surface area contributed by atoms with E-state index >= 15 is 0 Å². The molecule has 32 heavy (non-hydrogen) atoms. The highest BCUT2D eigenvalue weighted by Crippen LogP contribution is 2.43. The summed E-state index contributed by atoms with van der Waals surface area (Å²) in [5, 5.41) is 3.26. The molecule has 172 valence electrons. The van der Waals surface area contributed by atoms with Gasteiger partial charge in [0.25, 0.3) is 5.91 Å². The number of nitrogens with one attached hydrogen (secondary N) is 1. The Balaban J connectivity index is 2.01. The lowest BCUT2D eigenvalue weighted by Gasteiger charge is -2.44. The van der Waals surface area contributed by atoms with Gasteiger partial charge < -0.3 is 24.6 Å². The van der Waals surface area contributed by atoms with Crippen LogP contribution in [-0.2, 0) is 13.8 Å². The number of benzene rings is 2. The van der Waals surface area contributed by atoms with Crippen LogP contribution in [0.15, 0.2) is 42.5 Å². The first kappa shape index (κ1) is 24.4. The Hall–Kier alpha value is -2.26. The Morgan fingerprint density at radius 3 is 2.53 bits per heavy atom. The van der Waals surface area contributed by atoms with E-state index in [1.807, 2.05) is 0 Å². The molecule has 3 N–H and O–H groups in total. The van der Waals surface area contributed by atoms with Gasteiger partial charge in [0.05, 0.1) is 6.04 Å². The van der Waals surface area contributed by atoms with Gasteiger partial charge in [-0.1, -0.05) is 17.7 Å². The van der Waals surface area contributed by atoms with Crippen molar-refractivity contribution in [1.29, 1.82) is 0 Å². The zero-order valence-corrected chi connectivity index (χ0v) is 19.2. The second-order valence-electron chi connectivity index (χ2n) is 7.80. The summed E-state index contributed by atoms with van der Waals surface area (Å²) in [6, 6.07) is 10.4. The first-order chi connectivity index (χ1) is 14.9. The molecule has 3 rings (SSSR count). The van der Waals surface area contributed by atoms with Crippen molar-refractivity contribution in [3.05, 3.63) is 64.2 Å². The summed E-state index contributed by atoms with van der Waals surface area (Å²) in [7, 11) is -4.78. The van der Waals surface area contributed by atoms with Gasteiger partial charge in [0, 0.05) is 21.7 Å². The summed E-state index contributed by atoms with van der Waals surface area (Å²) < 4.78 is 27.2. The molecule has 2 unspecified atom stereocenters. The molecule has 1 aliphatic heterocycles. The molecule has 1 amide bonds. The number of hydrogen-bond donors (Lipinski definition) is 3. The zero-order chi connectivity index (χ0) is 23.7. The molecular formula is C21H23ClNO8P. The first-order valence-corrected chi connectivity index (χ1v) is 11.5. The molecular weight excluding hydrogens is 461 g/mol. The lowest BCUT2D eigenvalue weighted by molar-refractivity contribution is -0.141. The number of carbonyl (C=O) groups excluding carboxylic acids is 2. The molecule has 0 fully saturated rings. The van der Waals surface area contributed by atoms with Gasteiger partial charge in [-0.25, -0.2) is 4.57 Å². The Morgan fingerprint density at radius 1 is 1.19 bits per heavy atom. The third kappa shape index (κ3) is 5.75. The minimum absolute atomic E-state index is 0.181. The number of ketones is 1. The summed E-state index contributed by atoms with van der Waals surface area (Å²) in [5.74, 6) is -0.203. The Labute approximate surface area is 189 Å². The molecule has 2 atom stereocenters. The number of Topliss-reactive ketones (excluding diaryl/α,β-unsaturated/α-hetero) is 1. The van der Waals surface area contributed by atoms with Crippen molar-refractivity contribution in [3.63, 3.8) is 0 Å². The summed E-state index contributed by atoms with van der Waals surface area (Å²) in [6.45, 7) is 4.08. The third-order valence-corrected chi connectivity index (χ3v) is 5.63. The molecule has 0 radical (unpaired) electrons. The summed E-state index contributed by atoms with van der Waals surface area (Å²) >= 11 is 6.00. The van der Waals surface area contributed by atoms with E-state index in [9.17, 15) is 14.2 Å². The number of phosphoric acid groups is 1. The predicted octanol–water partition coefficient (Wildman–Crippen LogP) is 3.64. The molecule has 11 heteroatoms. The van der Waals surface area contributed by atoms with Crippen molar-refractivity contribution in [1.82, 2.24) is 5.32 Å². The van der Waals surface area contributed by atoms with E-state index in [0.717, 1.165) is 0 Å². The van der Waals surface area contributed by atoms with Crippen LogP contribution in [0.5, 0.6) is 5.75 Å². The molecule has 2 aromatic rings. The molecule has 2 aromatic carbocycles. The van der Waals surface area contributed by atoms with Gasteiger partial charge in [-0.3, -0.25) is 14.1 Å². The second kappa shape index (κ2) is 9.31. The average Bonchev–Trinajstić information content (AvgIpc) is 2.68. The van der Waals surface area contributed by atoms with E-state index in [0.29, 0.717) is 27.5 Å². The number of halogens is 1. The van der Waals surface area contributed by atoms with Crippen LogP contribution in [0.2, 0.25) is 5.02 Å². The highest BCUT2D eigenvalue weighted by Gasteiger charge is 2.46. The topological polar surface area (TPSA) is 131 Å². The van der Waals surface area contributed by atoms with Crippen molar-refractivity contribution in [3.8, 4) is 5.75 Å². The molecule has 0 bridgehead atoms. The second-order valence-corrected chi connectivity index (χ2v) is 9.48. The molecule has 0 aromatic heterocycles. The number of carbonyl (C=O) groups is 2. The quantitative estimate of drug-likeness (QED) is 0.309.